The number of piperidine rings is 1. The van der Waals surface area contributed by atoms with Crippen molar-refractivity contribution >= 4 is 72.8 Å². The first-order valence-corrected chi connectivity index (χ1v) is 27.1. The minimum Gasteiger partial charge on any atom is -0.490 e. The van der Waals surface area contributed by atoms with E-state index in [4.69, 9.17) is 14.8 Å². The minimum absolute atomic E-state index is 0.0174. The number of ether oxygens (including phenoxy) is 1. The number of piperazine rings is 1. The number of fused-ring (bicyclic) bond motifs is 3. The number of hydrogen-bond acceptors (Lipinski definition) is 12. The number of nitrogens with one attached hydrogen (secondary N) is 2. The van der Waals surface area contributed by atoms with Gasteiger partial charge < -0.3 is 19.6 Å². The number of thiazole rings is 1. The van der Waals surface area contributed by atoms with E-state index < -0.39 is 11.9 Å². The number of rotatable bonds is 14. The number of anilines is 3. The van der Waals surface area contributed by atoms with Gasteiger partial charge in [0, 0.05) is 74.4 Å². The zero-order valence-electron chi connectivity index (χ0n) is 42.3. The second kappa shape index (κ2) is 21.0. The first-order chi connectivity index (χ1) is 35.9. The molecule has 3 N–H and O–H groups in total. The molecule has 3 aromatic heterocycles. The SMILES string of the molecule is Cc1c(OC2CCC(CCCCN3CCN(c4ccc5c(C6CCC(=O)NC6=O)nn(C)c5c4)CC3C)CC2)cccc1-c1ccc(N2CCc3cccc(C(=O)Nc4nc5ccccc5s4)c3C2)nc1C(=O)O. The normalized spacial score (nSPS) is 20.4. The predicted molar refractivity (Wildman–Crippen MR) is 289 cm³/mol. The van der Waals surface area contributed by atoms with E-state index in [-0.39, 0.29) is 29.5 Å². The number of aromatic nitrogens is 4. The van der Waals surface area contributed by atoms with E-state index >= 15 is 0 Å². The molecule has 4 aliphatic rings. The largest absolute Gasteiger partial charge is 0.490 e. The van der Waals surface area contributed by atoms with E-state index in [9.17, 15) is 24.3 Å². The van der Waals surface area contributed by atoms with Crippen molar-refractivity contribution in [3.8, 4) is 16.9 Å². The molecule has 382 valence electrons. The van der Waals surface area contributed by atoms with Crippen molar-refractivity contribution in [1.29, 1.82) is 0 Å². The highest BCUT2D eigenvalue weighted by atomic mass is 32.1. The van der Waals surface area contributed by atoms with E-state index in [1.807, 2.05) is 85.4 Å². The van der Waals surface area contributed by atoms with Gasteiger partial charge in [-0.15, -0.1) is 0 Å². The van der Waals surface area contributed by atoms with Gasteiger partial charge in [-0.2, -0.15) is 5.10 Å². The van der Waals surface area contributed by atoms with Gasteiger partial charge in [-0.3, -0.25) is 34.6 Å². The second-order valence-corrected chi connectivity index (χ2v) is 21.7. The number of carbonyl (C=O) groups is 4. The van der Waals surface area contributed by atoms with Crippen molar-refractivity contribution in [3.63, 3.8) is 0 Å². The number of hydrogen-bond donors (Lipinski definition) is 3. The Morgan fingerprint density at radius 3 is 2.51 bits per heavy atom. The lowest BCUT2D eigenvalue weighted by Crippen LogP contribution is -2.52. The van der Waals surface area contributed by atoms with Gasteiger partial charge in [-0.05, 0) is 148 Å². The van der Waals surface area contributed by atoms with Crippen LogP contribution < -0.4 is 25.2 Å². The Bertz CT molecular complexity index is 3250. The molecule has 74 heavy (non-hydrogen) atoms. The summed E-state index contributed by atoms with van der Waals surface area (Å²) in [6.07, 6.45) is 9.52. The number of amides is 3. The first-order valence-electron chi connectivity index (χ1n) is 26.3. The van der Waals surface area contributed by atoms with Crippen LogP contribution in [-0.4, -0.2) is 98.3 Å². The summed E-state index contributed by atoms with van der Waals surface area (Å²) in [4.78, 5) is 67.5. The van der Waals surface area contributed by atoms with Crippen LogP contribution in [-0.2, 0) is 29.6 Å². The van der Waals surface area contributed by atoms with Crippen molar-refractivity contribution in [2.45, 2.75) is 103 Å². The fourth-order valence-corrected chi connectivity index (χ4v) is 12.7. The van der Waals surface area contributed by atoms with Crippen LogP contribution in [0.5, 0.6) is 5.75 Å². The Labute approximate surface area is 434 Å². The average molecular weight is 1010 g/mol. The molecule has 0 spiro atoms. The van der Waals surface area contributed by atoms with Gasteiger partial charge in [0.1, 0.15) is 11.6 Å². The van der Waals surface area contributed by atoms with E-state index in [0.29, 0.717) is 66.4 Å². The third kappa shape index (κ3) is 10.1. The number of imide groups is 1. The molecule has 1 saturated carbocycles. The standard InChI is InChI=1S/C58H63N9O6S/c1-35-33-66(39-19-22-44-48(32-39)64(3)63-53(44)45-24-26-52(68)61-56(45)70)31-30-65(35)28-7-6-10-37-17-20-40(21-18-37)73-49-15-9-12-41(36(49)2)42-23-25-51(60-54(42)57(71)72)67-29-27-38-11-8-13-43(46(38)34-67)55(69)62-58-59-47-14-4-5-16-50(47)74-58/h4-5,8-9,11-16,19,22-23,25,32,35,37,40,45H,6-7,10,17-18,20-21,24,26-31,33-34H2,1-3H3,(H,71,72)(H,59,62,69)(H,61,68,70). The molecular weight excluding hydrogens is 951 g/mol. The third-order valence-electron chi connectivity index (χ3n) is 16.0. The molecule has 2 unspecified atom stereocenters. The maximum atomic E-state index is 13.7. The Hall–Kier alpha value is -7.17. The van der Waals surface area contributed by atoms with Gasteiger partial charge in [0.05, 0.1) is 33.4 Å². The number of unbranched alkanes of at least 4 members (excludes halogenated alkanes) is 1. The highest BCUT2D eigenvalue weighted by Gasteiger charge is 2.33. The van der Waals surface area contributed by atoms with Gasteiger partial charge in [-0.1, -0.05) is 60.6 Å². The zero-order valence-corrected chi connectivity index (χ0v) is 43.1. The number of para-hydroxylation sites is 1. The third-order valence-corrected chi connectivity index (χ3v) is 16.9. The van der Waals surface area contributed by atoms with Crippen LogP contribution in [0.4, 0.5) is 16.6 Å². The maximum Gasteiger partial charge on any atom is 0.355 e. The molecule has 1 aliphatic carbocycles. The number of aromatic carboxylic acids is 1. The van der Waals surface area contributed by atoms with Crippen molar-refractivity contribution in [2.75, 3.05) is 47.8 Å². The molecule has 6 heterocycles. The second-order valence-electron chi connectivity index (χ2n) is 20.7. The van der Waals surface area contributed by atoms with E-state index in [1.54, 1.807) is 0 Å². The summed E-state index contributed by atoms with van der Waals surface area (Å²) in [7, 11) is 1.92. The van der Waals surface area contributed by atoms with Crippen LogP contribution in [0.25, 0.3) is 32.2 Å². The summed E-state index contributed by atoms with van der Waals surface area (Å²) in [5.41, 5.74) is 8.52. The first kappa shape index (κ1) is 49.1. The molecular formula is C58H63N9O6S. The summed E-state index contributed by atoms with van der Waals surface area (Å²) in [6, 6.07) is 30.1. The lowest BCUT2D eigenvalue weighted by Gasteiger charge is -2.41. The zero-order chi connectivity index (χ0) is 51.0. The number of carbonyl (C=O) groups excluding carboxylic acids is 3. The lowest BCUT2D eigenvalue weighted by atomic mass is 9.84. The average Bonchev–Trinajstić information content (AvgIpc) is 3.97. The quantitative estimate of drug-likeness (QED) is 0.0696. The molecule has 2 saturated heterocycles. The van der Waals surface area contributed by atoms with Crippen LogP contribution in [0, 0.1) is 12.8 Å². The summed E-state index contributed by atoms with van der Waals surface area (Å²) >= 11 is 1.44. The molecule has 16 heteroatoms. The van der Waals surface area contributed by atoms with Crippen molar-refractivity contribution in [2.24, 2.45) is 13.0 Å². The smallest absolute Gasteiger partial charge is 0.355 e. The Balaban J connectivity index is 0.655. The van der Waals surface area contributed by atoms with E-state index in [2.05, 4.69) is 61.5 Å². The number of carboxylic acid groups (broad SMARTS) is 1. The number of benzene rings is 4. The van der Waals surface area contributed by atoms with Crippen molar-refractivity contribution in [1.82, 2.24) is 30.0 Å². The van der Waals surface area contributed by atoms with Crippen molar-refractivity contribution in [3.05, 3.63) is 125 Å². The summed E-state index contributed by atoms with van der Waals surface area (Å²) in [5.74, 6) is -0.188. The molecule has 11 rings (SSSR count). The van der Waals surface area contributed by atoms with Crippen LogP contribution in [0.3, 0.4) is 0 Å². The summed E-state index contributed by atoms with van der Waals surface area (Å²) in [6.45, 7) is 9.40. The molecule has 0 bridgehead atoms. The van der Waals surface area contributed by atoms with Crippen LogP contribution in [0.15, 0.2) is 91.0 Å². The number of aryl methyl sites for hydroxylation is 1. The Kier molecular flexibility index (Phi) is 13.9. The van der Waals surface area contributed by atoms with E-state index in [1.165, 1.54) is 36.3 Å². The predicted octanol–water partition coefficient (Wildman–Crippen LogP) is 9.91. The molecule has 3 amide bonds. The minimum atomic E-state index is -1.10. The Morgan fingerprint density at radius 1 is 0.865 bits per heavy atom. The van der Waals surface area contributed by atoms with Crippen molar-refractivity contribution < 1.29 is 29.0 Å². The summed E-state index contributed by atoms with van der Waals surface area (Å²) in [5, 5.41) is 22.3. The highest BCUT2D eigenvalue weighted by Crippen LogP contribution is 2.38. The molecule has 3 fully saturated rings. The molecule has 4 aromatic carbocycles. The Morgan fingerprint density at radius 2 is 1.70 bits per heavy atom. The molecule has 3 aliphatic heterocycles. The number of pyridine rings is 1. The highest BCUT2D eigenvalue weighted by molar-refractivity contribution is 7.22. The topological polar surface area (TPSA) is 175 Å². The van der Waals surface area contributed by atoms with E-state index in [0.717, 1.165) is 107 Å². The maximum absolute atomic E-state index is 13.7. The monoisotopic (exact) mass is 1010 g/mol. The summed E-state index contributed by atoms with van der Waals surface area (Å²) < 4.78 is 9.56. The van der Waals surface area contributed by atoms with Gasteiger partial charge in [-0.25, -0.2) is 14.8 Å². The fraction of sp³-hybridized carbons (Fsp3) is 0.397. The van der Waals surface area contributed by atoms with Gasteiger partial charge in [0.25, 0.3) is 5.91 Å². The number of carboxylic acids is 1. The molecule has 15 nitrogen and oxygen atoms in total. The molecule has 2 atom stereocenters. The van der Waals surface area contributed by atoms with Gasteiger partial charge >= 0.3 is 5.97 Å². The van der Waals surface area contributed by atoms with Crippen LogP contribution in [0.1, 0.15) is 114 Å². The fourth-order valence-electron chi connectivity index (χ4n) is 11.8. The van der Waals surface area contributed by atoms with Gasteiger partial charge in [0.2, 0.25) is 11.8 Å². The van der Waals surface area contributed by atoms with Crippen LogP contribution in [0.2, 0.25) is 0 Å². The van der Waals surface area contributed by atoms with Crippen LogP contribution >= 0.6 is 11.3 Å². The number of nitrogens with zero attached hydrogens (tertiary/aromatic N) is 7. The molecule has 0 radical (unpaired) electrons. The lowest BCUT2D eigenvalue weighted by molar-refractivity contribution is -0.134. The van der Waals surface area contributed by atoms with Gasteiger partial charge in [0.15, 0.2) is 10.8 Å². The molecule has 7 aromatic rings.